The summed E-state index contributed by atoms with van der Waals surface area (Å²) in [4.78, 5) is 0. The van der Waals surface area contributed by atoms with Gasteiger partial charge < -0.3 is 5.73 Å². The van der Waals surface area contributed by atoms with Crippen LogP contribution in [-0.4, -0.2) is 9.78 Å². The molecule has 0 spiro atoms. The highest BCUT2D eigenvalue weighted by molar-refractivity contribution is 5.31. The van der Waals surface area contributed by atoms with Crippen LogP contribution in [0.25, 0.3) is 5.69 Å². The van der Waals surface area contributed by atoms with Gasteiger partial charge in [0.2, 0.25) is 0 Å². The summed E-state index contributed by atoms with van der Waals surface area (Å²) >= 11 is 0. The molecule has 0 radical (unpaired) electrons. The molecule has 0 atom stereocenters. The second-order valence-corrected chi connectivity index (χ2v) is 2.93. The first-order valence-corrected chi connectivity index (χ1v) is 4.30. The van der Waals surface area contributed by atoms with Gasteiger partial charge in [-0.2, -0.15) is 5.10 Å². The fraction of sp³-hybridized carbons (Fsp3) is 0.100. The van der Waals surface area contributed by atoms with Crippen LogP contribution in [0.2, 0.25) is 0 Å². The Morgan fingerprint density at radius 2 is 1.93 bits per heavy atom. The van der Waals surface area contributed by atoms with Gasteiger partial charge in [-0.05, 0) is 30.3 Å². The maximum absolute atomic E-state index is 12.6. The third-order valence-electron chi connectivity index (χ3n) is 1.94. The zero-order chi connectivity index (χ0) is 9.97. The topological polar surface area (TPSA) is 43.8 Å². The van der Waals surface area contributed by atoms with E-state index in [2.05, 4.69) is 5.10 Å². The van der Waals surface area contributed by atoms with E-state index in [1.54, 1.807) is 23.0 Å². The van der Waals surface area contributed by atoms with Crippen LogP contribution in [0.3, 0.4) is 0 Å². The lowest BCUT2D eigenvalue weighted by Crippen LogP contribution is -2.00. The molecule has 0 bridgehead atoms. The van der Waals surface area contributed by atoms with Gasteiger partial charge in [0.25, 0.3) is 0 Å². The summed E-state index contributed by atoms with van der Waals surface area (Å²) in [6.45, 7) is 0.411. The Morgan fingerprint density at radius 3 is 2.50 bits per heavy atom. The van der Waals surface area contributed by atoms with Crippen molar-refractivity contribution in [1.82, 2.24) is 9.78 Å². The molecule has 0 unspecified atom stereocenters. The summed E-state index contributed by atoms with van der Waals surface area (Å²) in [5, 5.41) is 4.20. The molecule has 0 aliphatic carbocycles. The van der Waals surface area contributed by atoms with Crippen molar-refractivity contribution in [3.8, 4) is 5.69 Å². The highest BCUT2D eigenvalue weighted by Crippen LogP contribution is 2.08. The van der Waals surface area contributed by atoms with E-state index in [9.17, 15) is 4.39 Å². The van der Waals surface area contributed by atoms with Gasteiger partial charge in [0.15, 0.2) is 0 Å². The lowest BCUT2D eigenvalue weighted by atomic mass is 10.3. The maximum atomic E-state index is 12.6. The van der Waals surface area contributed by atoms with Gasteiger partial charge in [0.1, 0.15) is 5.82 Å². The maximum Gasteiger partial charge on any atom is 0.123 e. The summed E-state index contributed by atoms with van der Waals surface area (Å²) < 4.78 is 14.3. The van der Waals surface area contributed by atoms with Crippen molar-refractivity contribution in [2.45, 2.75) is 6.54 Å². The molecule has 72 valence electrons. The van der Waals surface area contributed by atoms with Crippen LogP contribution in [0.15, 0.2) is 36.5 Å². The molecule has 0 fully saturated rings. The molecule has 0 aliphatic rings. The summed E-state index contributed by atoms with van der Waals surface area (Å²) in [5.74, 6) is -0.250. The van der Waals surface area contributed by atoms with Crippen molar-refractivity contribution >= 4 is 0 Å². The van der Waals surface area contributed by atoms with Crippen LogP contribution in [0.1, 0.15) is 5.69 Å². The minimum absolute atomic E-state index is 0.250. The van der Waals surface area contributed by atoms with E-state index in [1.165, 1.54) is 12.1 Å². The first-order valence-electron chi connectivity index (χ1n) is 4.30. The number of hydrogen-bond acceptors (Lipinski definition) is 2. The van der Waals surface area contributed by atoms with Crippen molar-refractivity contribution in [3.63, 3.8) is 0 Å². The number of hydrogen-bond donors (Lipinski definition) is 1. The van der Waals surface area contributed by atoms with Crippen molar-refractivity contribution in [2.75, 3.05) is 0 Å². The van der Waals surface area contributed by atoms with Crippen LogP contribution in [-0.2, 0) is 6.54 Å². The first-order chi connectivity index (χ1) is 6.79. The van der Waals surface area contributed by atoms with Gasteiger partial charge >= 0.3 is 0 Å². The zero-order valence-electron chi connectivity index (χ0n) is 7.52. The minimum atomic E-state index is -0.250. The zero-order valence-corrected chi connectivity index (χ0v) is 7.52. The molecular weight excluding hydrogens is 181 g/mol. The molecule has 2 aromatic rings. The molecule has 2 N–H and O–H groups in total. The molecule has 0 saturated carbocycles. The lowest BCUT2D eigenvalue weighted by molar-refractivity contribution is 0.627. The van der Waals surface area contributed by atoms with E-state index >= 15 is 0 Å². The third kappa shape index (κ3) is 1.65. The molecule has 1 aromatic heterocycles. The summed E-state index contributed by atoms with van der Waals surface area (Å²) in [6.07, 6.45) is 1.80. The summed E-state index contributed by atoms with van der Waals surface area (Å²) in [6, 6.07) is 7.98. The van der Waals surface area contributed by atoms with Gasteiger partial charge in [-0.25, -0.2) is 9.07 Å². The predicted octanol–water partition coefficient (Wildman–Crippen LogP) is 1.47. The fourth-order valence-corrected chi connectivity index (χ4v) is 1.21. The molecule has 3 nitrogen and oxygen atoms in total. The van der Waals surface area contributed by atoms with E-state index in [0.29, 0.717) is 6.54 Å². The summed E-state index contributed by atoms with van der Waals surface area (Å²) in [5.41, 5.74) is 7.07. The smallest absolute Gasteiger partial charge is 0.123 e. The third-order valence-corrected chi connectivity index (χ3v) is 1.94. The van der Waals surface area contributed by atoms with Crippen LogP contribution in [0.5, 0.6) is 0 Å². The van der Waals surface area contributed by atoms with Gasteiger partial charge in [0.05, 0.1) is 11.4 Å². The van der Waals surface area contributed by atoms with E-state index in [1.807, 2.05) is 6.07 Å². The molecule has 1 heterocycles. The quantitative estimate of drug-likeness (QED) is 0.781. The lowest BCUT2D eigenvalue weighted by Gasteiger charge is -1.99. The van der Waals surface area contributed by atoms with E-state index in [-0.39, 0.29) is 5.82 Å². The Morgan fingerprint density at radius 1 is 1.21 bits per heavy atom. The largest absolute Gasteiger partial charge is 0.325 e. The molecular formula is C10H10FN3. The molecule has 0 aliphatic heterocycles. The van der Waals surface area contributed by atoms with Gasteiger partial charge in [-0.1, -0.05) is 0 Å². The predicted molar refractivity (Wildman–Crippen MR) is 51.4 cm³/mol. The molecule has 0 amide bonds. The first kappa shape index (κ1) is 8.90. The van der Waals surface area contributed by atoms with Gasteiger partial charge in [-0.3, -0.25) is 0 Å². The Kier molecular flexibility index (Phi) is 2.28. The fourth-order valence-electron chi connectivity index (χ4n) is 1.21. The average molecular weight is 191 g/mol. The highest BCUT2D eigenvalue weighted by atomic mass is 19.1. The standard InChI is InChI=1S/C10H10FN3/c11-8-1-3-10(4-2-8)14-6-5-9(7-12)13-14/h1-6H,7,12H2. The normalized spacial score (nSPS) is 10.4. The number of rotatable bonds is 2. The van der Waals surface area contributed by atoms with Crippen LogP contribution in [0, 0.1) is 5.82 Å². The summed E-state index contributed by atoms with van der Waals surface area (Å²) in [7, 11) is 0. The van der Waals surface area contributed by atoms with Crippen LogP contribution < -0.4 is 5.73 Å². The highest BCUT2D eigenvalue weighted by Gasteiger charge is 1.99. The SMILES string of the molecule is NCc1ccn(-c2ccc(F)cc2)n1. The second-order valence-electron chi connectivity index (χ2n) is 2.93. The van der Waals surface area contributed by atoms with Gasteiger partial charge in [0, 0.05) is 12.7 Å². The van der Waals surface area contributed by atoms with Crippen molar-refractivity contribution in [3.05, 3.63) is 48.0 Å². The monoisotopic (exact) mass is 191 g/mol. The molecule has 14 heavy (non-hydrogen) atoms. The molecule has 1 aromatic carbocycles. The minimum Gasteiger partial charge on any atom is -0.325 e. The number of aromatic nitrogens is 2. The van der Waals surface area contributed by atoms with Crippen molar-refractivity contribution < 1.29 is 4.39 Å². The average Bonchev–Trinajstić information content (AvgIpc) is 2.67. The molecule has 2 rings (SSSR count). The number of nitrogens with zero attached hydrogens (tertiary/aromatic N) is 2. The van der Waals surface area contributed by atoms with E-state index in [0.717, 1.165) is 11.4 Å². The van der Waals surface area contributed by atoms with Crippen molar-refractivity contribution in [2.24, 2.45) is 5.73 Å². The molecule has 0 saturated heterocycles. The van der Waals surface area contributed by atoms with Crippen LogP contribution in [0.4, 0.5) is 4.39 Å². The Balaban J connectivity index is 2.34. The van der Waals surface area contributed by atoms with Gasteiger partial charge in [-0.15, -0.1) is 0 Å². The number of halogens is 1. The van der Waals surface area contributed by atoms with Crippen molar-refractivity contribution in [1.29, 1.82) is 0 Å². The Hall–Kier alpha value is -1.68. The van der Waals surface area contributed by atoms with E-state index in [4.69, 9.17) is 5.73 Å². The molecule has 4 heteroatoms. The number of nitrogens with two attached hydrogens (primary N) is 1. The van der Waals surface area contributed by atoms with Crippen LogP contribution >= 0.6 is 0 Å². The van der Waals surface area contributed by atoms with E-state index < -0.39 is 0 Å². The second kappa shape index (κ2) is 3.59. The number of benzene rings is 1. The Labute approximate surface area is 81.0 Å². The Bertz CT molecular complexity index is 419.